The van der Waals surface area contributed by atoms with Crippen molar-refractivity contribution in [3.63, 3.8) is 0 Å². The van der Waals surface area contributed by atoms with Gasteiger partial charge >= 0.3 is 5.97 Å². The molecule has 0 radical (unpaired) electrons. The Balaban J connectivity index is 1.35. The van der Waals surface area contributed by atoms with Crippen LogP contribution in [0.4, 0.5) is 11.4 Å². The number of benzene rings is 4. The maximum atomic E-state index is 12.6. The molecule has 4 rings (SSSR count). The van der Waals surface area contributed by atoms with Crippen molar-refractivity contribution < 1.29 is 24.0 Å². The van der Waals surface area contributed by atoms with E-state index in [1.54, 1.807) is 36.4 Å². The van der Waals surface area contributed by atoms with E-state index in [1.807, 2.05) is 19.1 Å². The standard InChI is InChI=1S/C31H23ClN4O6/c1-20-2-7-22(8-3-20)30(38)34-26-12-9-23(10-13-26)31(39)35-33-19-24-18-25(32)11-16-28(24)42-29(37)17-6-21-4-14-27(15-5-21)36(40)41/h2-19H,1H3,(H,34,38)(H,35,39)/b17-6+,33-19+. The highest BCUT2D eigenvalue weighted by molar-refractivity contribution is 6.31. The highest BCUT2D eigenvalue weighted by Crippen LogP contribution is 2.22. The Bertz CT molecular complexity index is 1680. The second-order valence-corrected chi connectivity index (χ2v) is 9.32. The summed E-state index contributed by atoms with van der Waals surface area (Å²) in [5.41, 5.74) is 5.62. The molecule has 11 heteroatoms. The zero-order valence-electron chi connectivity index (χ0n) is 22.1. The number of aryl methyl sites for hydroxylation is 1. The van der Waals surface area contributed by atoms with Gasteiger partial charge in [0, 0.05) is 45.6 Å². The van der Waals surface area contributed by atoms with Crippen LogP contribution in [0.25, 0.3) is 6.08 Å². The summed E-state index contributed by atoms with van der Waals surface area (Å²) in [6.07, 6.45) is 3.91. The van der Waals surface area contributed by atoms with Crippen molar-refractivity contribution in [3.8, 4) is 5.75 Å². The van der Waals surface area contributed by atoms with Gasteiger partial charge in [0.25, 0.3) is 17.5 Å². The molecule has 0 spiro atoms. The molecule has 10 nitrogen and oxygen atoms in total. The Hall–Kier alpha value is -5.61. The number of hydrogen-bond acceptors (Lipinski definition) is 7. The van der Waals surface area contributed by atoms with Crippen LogP contribution in [0.1, 0.15) is 37.4 Å². The van der Waals surface area contributed by atoms with Crippen LogP contribution in [0.5, 0.6) is 5.75 Å². The molecule has 0 saturated heterocycles. The predicted octanol–water partition coefficient (Wildman–Crippen LogP) is 6.19. The number of halogens is 1. The van der Waals surface area contributed by atoms with E-state index in [4.69, 9.17) is 16.3 Å². The van der Waals surface area contributed by atoms with Crippen LogP contribution in [0.3, 0.4) is 0 Å². The number of hydrogen-bond donors (Lipinski definition) is 2. The third-order valence-electron chi connectivity index (χ3n) is 5.79. The van der Waals surface area contributed by atoms with Gasteiger partial charge < -0.3 is 10.1 Å². The predicted molar refractivity (Wildman–Crippen MR) is 160 cm³/mol. The number of carbonyl (C=O) groups excluding carboxylic acids is 3. The molecule has 0 heterocycles. The third kappa shape index (κ3) is 8.20. The Labute approximate surface area is 245 Å². The lowest BCUT2D eigenvalue weighted by Gasteiger charge is -2.07. The molecule has 4 aromatic carbocycles. The number of esters is 1. The van der Waals surface area contributed by atoms with Gasteiger partial charge in [-0.2, -0.15) is 5.10 Å². The minimum atomic E-state index is -0.705. The summed E-state index contributed by atoms with van der Waals surface area (Å²) in [5, 5.41) is 17.8. The lowest BCUT2D eigenvalue weighted by atomic mass is 10.1. The van der Waals surface area contributed by atoms with Crippen molar-refractivity contribution in [1.29, 1.82) is 0 Å². The summed E-state index contributed by atoms with van der Waals surface area (Å²) < 4.78 is 5.38. The van der Waals surface area contributed by atoms with Crippen LogP contribution in [0, 0.1) is 17.0 Å². The van der Waals surface area contributed by atoms with Gasteiger partial charge in [-0.3, -0.25) is 19.7 Å². The van der Waals surface area contributed by atoms with Crippen molar-refractivity contribution in [1.82, 2.24) is 5.43 Å². The minimum absolute atomic E-state index is 0.0636. The summed E-state index contributed by atoms with van der Waals surface area (Å²) >= 11 is 6.08. The maximum absolute atomic E-state index is 12.6. The van der Waals surface area contributed by atoms with Gasteiger partial charge in [0.15, 0.2) is 0 Å². The van der Waals surface area contributed by atoms with Crippen molar-refractivity contribution in [3.05, 3.63) is 140 Å². The molecule has 0 aliphatic rings. The monoisotopic (exact) mass is 582 g/mol. The topological polar surface area (TPSA) is 140 Å². The second-order valence-electron chi connectivity index (χ2n) is 8.88. The third-order valence-corrected chi connectivity index (χ3v) is 6.02. The molecule has 0 bridgehead atoms. The van der Waals surface area contributed by atoms with E-state index in [0.29, 0.717) is 33.0 Å². The number of amides is 2. The molecule has 0 aliphatic carbocycles. The normalized spacial score (nSPS) is 10.9. The molecule has 210 valence electrons. The van der Waals surface area contributed by atoms with Crippen molar-refractivity contribution in [2.75, 3.05) is 5.32 Å². The molecule has 0 aromatic heterocycles. The molecular formula is C31H23ClN4O6. The number of ether oxygens (including phenoxy) is 1. The first-order valence-electron chi connectivity index (χ1n) is 12.4. The summed E-state index contributed by atoms with van der Waals surface area (Å²) in [6.45, 7) is 1.94. The SMILES string of the molecule is Cc1ccc(C(=O)Nc2ccc(C(=O)N/N=C/c3cc(Cl)ccc3OC(=O)/C=C/c3ccc([N+](=O)[O-])cc3)cc2)cc1. The molecule has 0 fully saturated rings. The van der Waals surface area contributed by atoms with E-state index in [9.17, 15) is 24.5 Å². The van der Waals surface area contributed by atoms with Gasteiger partial charge in [-0.15, -0.1) is 0 Å². The fraction of sp³-hybridized carbons (Fsp3) is 0.0323. The maximum Gasteiger partial charge on any atom is 0.336 e. The zero-order chi connectivity index (χ0) is 30.1. The number of rotatable bonds is 9. The minimum Gasteiger partial charge on any atom is -0.423 e. The molecule has 0 aliphatic heterocycles. The molecule has 2 amide bonds. The highest BCUT2D eigenvalue weighted by atomic mass is 35.5. The Morgan fingerprint density at radius 1 is 0.881 bits per heavy atom. The Morgan fingerprint density at radius 3 is 2.19 bits per heavy atom. The number of hydrazone groups is 1. The Kier molecular flexibility index (Phi) is 9.54. The van der Waals surface area contributed by atoms with Crippen molar-refractivity contribution in [2.45, 2.75) is 6.92 Å². The summed E-state index contributed by atoms with van der Waals surface area (Å²) in [4.78, 5) is 47.6. The van der Waals surface area contributed by atoms with E-state index in [-0.39, 0.29) is 17.3 Å². The lowest BCUT2D eigenvalue weighted by molar-refractivity contribution is -0.384. The lowest BCUT2D eigenvalue weighted by Crippen LogP contribution is -2.18. The fourth-order valence-electron chi connectivity index (χ4n) is 3.57. The molecule has 42 heavy (non-hydrogen) atoms. The number of carbonyl (C=O) groups is 3. The van der Waals surface area contributed by atoms with Gasteiger partial charge in [0.2, 0.25) is 0 Å². The second kappa shape index (κ2) is 13.6. The van der Waals surface area contributed by atoms with Crippen LogP contribution in [0.2, 0.25) is 5.02 Å². The first kappa shape index (κ1) is 29.4. The number of anilines is 1. The van der Waals surface area contributed by atoms with Crippen molar-refractivity contribution in [2.24, 2.45) is 5.10 Å². The molecule has 4 aromatic rings. The number of nitro benzene ring substituents is 1. The summed E-state index contributed by atoms with van der Waals surface area (Å²) in [5.74, 6) is -1.33. The largest absolute Gasteiger partial charge is 0.423 e. The van der Waals surface area contributed by atoms with E-state index in [1.165, 1.54) is 60.8 Å². The van der Waals surface area contributed by atoms with Gasteiger partial charge in [-0.25, -0.2) is 10.2 Å². The quantitative estimate of drug-likeness (QED) is 0.0602. The number of non-ortho nitro benzene ring substituents is 1. The van der Waals surface area contributed by atoms with E-state index < -0.39 is 16.8 Å². The van der Waals surface area contributed by atoms with Gasteiger partial charge in [-0.1, -0.05) is 29.3 Å². The summed E-state index contributed by atoms with van der Waals surface area (Å²) in [6, 6.07) is 23.6. The summed E-state index contributed by atoms with van der Waals surface area (Å²) in [7, 11) is 0. The molecule has 0 unspecified atom stereocenters. The Morgan fingerprint density at radius 2 is 1.52 bits per heavy atom. The molecule has 2 N–H and O–H groups in total. The smallest absolute Gasteiger partial charge is 0.336 e. The van der Waals surface area contributed by atoms with Crippen LogP contribution >= 0.6 is 11.6 Å². The fourth-order valence-corrected chi connectivity index (χ4v) is 3.75. The average Bonchev–Trinajstić information content (AvgIpc) is 2.98. The molecule has 0 atom stereocenters. The number of nitrogens with one attached hydrogen (secondary N) is 2. The van der Waals surface area contributed by atoms with E-state index >= 15 is 0 Å². The average molecular weight is 583 g/mol. The van der Waals surface area contributed by atoms with Crippen LogP contribution in [0.15, 0.2) is 102 Å². The first-order valence-corrected chi connectivity index (χ1v) is 12.8. The van der Waals surface area contributed by atoms with Gasteiger partial charge in [0.1, 0.15) is 5.75 Å². The highest BCUT2D eigenvalue weighted by Gasteiger charge is 2.10. The molecular weight excluding hydrogens is 560 g/mol. The van der Waals surface area contributed by atoms with Crippen LogP contribution in [-0.4, -0.2) is 28.9 Å². The first-order chi connectivity index (χ1) is 20.2. The van der Waals surface area contributed by atoms with Crippen LogP contribution in [-0.2, 0) is 4.79 Å². The number of nitro groups is 1. The van der Waals surface area contributed by atoms with Gasteiger partial charge in [-0.05, 0) is 85.3 Å². The number of nitrogens with zero attached hydrogens (tertiary/aromatic N) is 2. The van der Waals surface area contributed by atoms with Gasteiger partial charge in [0.05, 0.1) is 11.1 Å². The zero-order valence-corrected chi connectivity index (χ0v) is 22.9. The van der Waals surface area contributed by atoms with Crippen molar-refractivity contribution >= 4 is 53.0 Å². The molecule has 0 saturated carbocycles. The van der Waals surface area contributed by atoms with Crippen LogP contribution < -0.4 is 15.5 Å². The van der Waals surface area contributed by atoms with E-state index in [0.717, 1.165) is 5.56 Å². The van der Waals surface area contributed by atoms with E-state index in [2.05, 4.69) is 15.8 Å².